The number of esters is 1. The summed E-state index contributed by atoms with van der Waals surface area (Å²) >= 11 is 0. The third-order valence-corrected chi connectivity index (χ3v) is 3.59. The van der Waals surface area contributed by atoms with E-state index < -0.39 is 5.97 Å². The van der Waals surface area contributed by atoms with Crippen molar-refractivity contribution < 1.29 is 14.3 Å². The molecule has 5 heteroatoms. The Balaban J connectivity index is 1.85. The number of aromatic nitrogens is 1. The molecule has 0 saturated carbocycles. The van der Waals surface area contributed by atoms with Crippen molar-refractivity contribution in [3.63, 3.8) is 0 Å². The number of pyridine rings is 1. The fourth-order valence-electron chi connectivity index (χ4n) is 2.24. The Kier molecular flexibility index (Phi) is 5.86. The highest BCUT2D eigenvalue weighted by Crippen LogP contribution is 2.09. The quantitative estimate of drug-likeness (QED) is 0.832. The highest BCUT2D eigenvalue weighted by molar-refractivity contribution is 5.89. The van der Waals surface area contributed by atoms with Crippen molar-refractivity contribution in [1.29, 1.82) is 0 Å². The predicted octanol–water partition coefficient (Wildman–Crippen LogP) is 2.43. The van der Waals surface area contributed by atoms with Crippen LogP contribution in [-0.4, -0.2) is 24.0 Å². The summed E-state index contributed by atoms with van der Waals surface area (Å²) in [6, 6.07) is 11.2. The number of carbonyl (C=O) groups is 2. The molecule has 23 heavy (non-hydrogen) atoms. The second-order valence-corrected chi connectivity index (χ2v) is 5.23. The minimum atomic E-state index is -0.417. The fraction of sp³-hybridized carbons (Fsp3) is 0.278. The lowest BCUT2D eigenvalue weighted by Crippen LogP contribution is -2.23. The van der Waals surface area contributed by atoms with Gasteiger partial charge in [-0.15, -0.1) is 0 Å². The van der Waals surface area contributed by atoms with Gasteiger partial charge in [0.25, 0.3) is 0 Å². The van der Waals surface area contributed by atoms with Crippen molar-refractivity contribution in [3.8, 4) is 0 Å². The molecule has 1 aromatic carbocycles. The van der Waals surface area contributed by atoms with Crippen LogP contribution in [0.4, 0.5) is 0 Å². The first-order valence-corrected chi connectivity index (χ1v) is 7.44. The maximum atomic E-state index is 11.9. The molecule has 0 radical (unpaired) electrons. The fourth-order valence-corrected chi connectivity index (χ4v) is 2.24. The Labute approximate surface area is 135 Å². The van der Waals surface area contributed by atoms with E-state index in [4.69, 9.17) is 0 Å². The van der Waals surface area contributed by atoms with Crippen LogP contribution in [0.5, 0.6) is 0 Å². The minimum absolute atomic E-state index is 0.0430. The molecule has 1 N–H and O–H groups in total. The van der Waals surface area contributed by atoms with Gasteiger partial charge in [-0.1, -0.05) is 24.3 Å². The number of rotatable bonds is 6. The van der Waals surface area contributed by atoms with Crippen LogP contribution in [0, 0.1) is 6.92 Å². The Morgan fingerprint density at radius 1 is 1.22 bits per heavy atom. The SMILES string of the molecule is COC(=O)c1ccnc(CNC(=O)CCc2ccccc2C)c1. The van der Waals surface area contributed by atoms with Crippen molar-refractivity contribution in [2.24, 2.45) is 0 Å². The normalized spacial score (nSPS) is 10.2. The van der Waals surface area contributed by atoms with Gasteiger partial charge >= 0.3 is 5.97 Å². The summed E-state index contributed by atoms with van der Waals surface area (Å²) in [7, 11) is 1.33. The van der Waals surface area contributed by atoms with Gasteiger partial charge in [0.2, 0.25) is 5.91 Å². The van der Waals surface area contributed by atoms with Gasteiger partial charge < -0.3 is 10.1 Å². The summed E-state index contributed by atoms with van der Waals surface area (Å²) < 4.78 is 4.66. The van der Waals surface area contributed by atoms with Crippen LogP contribution in [0.25, 0.3) is 0 Å². The van der Waals surface area contributed by atoms with E-state index in [2.05, 4.69) is 15.0 Å². The summed E-state index contributed by atoms with van der Waals surface area (Å²) in [5, 5.41) is 2.82. The molecule has 0 atom stereocenters. The third-order valence-electron chi connectivity index (χ3n) is 3.59. The van der Waals surface area contributed by atoms with E-state index in [1.165, 1.54) is 24.4 Å². The summed E-state index contributed by atoms with van der Waals surface area (Å²) in [5.41, 5.74) is 3.41. The van der Waals surface area contributed by atoms with Crippen LogP contribution in [0.3, 0.4) is 0 Å². The van der Waals surface area contributed by atoms with Crippen molar-refractivity contribution in [1.82, 2.24) is 10.3 Å². The van der Waals surface area contributed by atoms with Crippen molar-refractivity contribution in [2.75, 3.05) is 7.11 Å². The summed E-state index contributed by atoms with van der Waals surface area (Å²) in [5.74, 6) is -0.460. The van der Waals surface area contributed by atoms with Crippen molar-refractivity contribution in [2.45, 2.75) is 26.3 Å². The number of hydrogen-bond acceptors (Lipinski definition) is 4. The van der Waals surface area contributed by atoms with Crippen LogP contribution in [-0.2, 0) is 22.5 Å². The van der Waals surface area contributed by atoms with Gasteiger partial charge in [0, 0.05) is 12.6 Å². The molecule has 1 heterocycles. The lowest BCUT2D eigenvalue weighted by atomic mass is 10.0. The molecule has 120 valence electrons. The summed E-state index contributed by atoms with van der Waals surface area (Å²) in [4.78, 5) is 27.5. The third kappa shape index (κ3) is 4.92. The van der Waals surface area contributed by atoms with Crippen LogP contribution >= 0.6 is 0 Å². The number of ether oxygens (including phenoxy) is 1. The lowest BCUT2D eigenvalue weighted by molar-refractivity contribution is -0.121. The standard InChI is InChI=1S/C18H20N2O3/c1-13-5-3-4-6-14(13)7-8-17(21)20-12-16-11-15(9-10-19-16)18(22)23-2/h3-6,9-11H,7-8,12H2,1-2H3,(H,20,21). The first-order valence-electron chi connectivity index (χ1n) is 7.44. The molecule has 1 aromatic heterocycles. The molecule has 0 fully saturated rings. The number of amides is 1. The second kappa shape index (κ2) is 8.08. The molecular weight excluding hydrogens is 292 g/mol. The number of hydrogen-bond donors (Lipinski definition) is 1. The zero-order chi connectivity index (χ0) is 16.7. The number of aryl methyl sites for hydroxylation is 2. The van der Waals surface area contributed by atoms with Gasteiger partial charge in [0.15, 0.2) is 0 Å². The zero-order valence-electron chi connectivity index (χ0n) is 13.3. The van der Waals surface area contributed by atoms with Gasteiger partial charge in [0.1, 0.15) is 0 Å². The molecule has 0 bridgehead atoms. The average molecular weight is 312 g/mol. The molecule has 1 amide bonds. The Hall–Kier alpha value is -2.69. The minimum Gasteiger partial charge on any atom is -0.465 e. The van der Waals surface area contributed by atoms with E-state index in [1.807, 2.05) is 31.2 Å². The molecule has 0 spiro atoms. The summed E-state index contributed by atoms with van der Waals surface area (Å²) in [6.45, 7) is 2.33. The van der Waals surface area contributed by atoms with E-state index in [1.54, 1.807) is 12.1 Å². The van der Waals surface area contributed by atoms with Crippen LogP contribution in [0.2, 0.25) is 0 Å². The van der Waals surface area contributed by atoms with Gasteiger partial charge in [-0.2, -0.15) is 0 Å². The monoisotopic (exact) mass is 312 g/mol. The number of nitrogens with zero attached hydrogens (tertiary/aromatic N) is 1. The zero-order valence-corrected chi connectivity index (χ0v) is 13.3. The number of methoxy groups -OCH3 is 1. The average Bonchev–Trinajstić information content (AvgIpc) is 2.58. The predicted molar refractivity (Wildman–Crippen MR) is 86.9 cm³/mol. The largest absolute Gasteiger partial charge is 0.465 e. The first kappa shape index (κ1) is 16.7. The maximum Gasteiger partial charge on any atom is 0.337 e. The molecule has 0 aliphatic heterocycles. The van der Waals surface area contributed by atoms with E-state index >= 15 is 0 Å². The molecule has 2 aromatic rings. The summed E-state index contributed by atoms with van der Waals surface area (Å²) in [6.07, 6.45) is 2.65. The maximum absolute atomic E-state index is 11.9. The second-order valence-electron chi connectivity index (χ2n) is 5.23. The van der Waals surface area contributed by atoms with E-state index in [0.717, 1.165) is 0 Å². The molecule has 0 unspecified atom stereocenters. The van der Waals surface area contributed by atoms with Gasteiger partial charge in [-0.05, 0) is 36.6 Å². The first-order chi connectivity index (χ1) is 11.1. The molecular formula is C18H20N2O3. The highest BCUT2D eigenvalue weighted by Gasteiger charge is 2.08. The molecule has 0 aliphatic carbocycles. The molecule has 5 nitrogen and oxygen atoms in total. The number of carbonyl (C=O) groups excluding carboxylic acids is 2. The van der Waals surface area contributed by atoms with Crippen molar-refractivity contribution in [3.05, 3.63) is 65.0 Å². The molecule has 0 saturated heterocycles. The van der Waals surface area contributed by atoms with Crippen LogP contribution in [0.15, 0.2) is 42.6 Å². The number of nitrogens with one attached hydrogen (secondary N) is 1. The van der Waals surface area contributed by atoms with Gasteiger partial charge in [0.05, 0.1) is 24.9 Å². The van der Waals surface area contributed by atoms with Gasteiger partial charge in [-0.3, -0.25) is 9.78 Å². The lowest BCUT2D eigenvalue weighted by Gasteiger charge is -2.07. The van der Waals surface area contributed by atoms with Crippen molar-refractivity contribution >= 4 is 11.9 Å². The Morgan fingerprint density at radius 3 is 2.74 bits per heavy atom. The van der Waals surface area contributed by atoms with E-state index in [9.17, 15) is 9.59 Å². The van der Waals surface area contributed by atoms with Gasteiger partial charge in [-0.25, -0.2) is 4.79 Å². The van der Waals surface area contributed by atoms with Crippen LogP contribution in [0.1, 0.15) is 33.6 Å². The number of benzene rings is 1. The van der Waals surface area contributed by atoms with E-state index in [0.29, 0.717) is 24.1 Å². The highest BCUT2D eigenvalue weighted by atomic mass is 16.5. The van der Waals surface area contributed by atoms with E-state index in [-0.39, 0.29) is 12.5 Å². The Bertz CT molecular complexity index is 698. The topological polar surface area (TPSA) is 68.3 Å². The smallest absolute Gasteiger partial charge is 0.337 e. The molecule has 0 aliphatic rings. The molecule has 2 rings (SSSR count). The van der Waals surface area contributed by atoms with Crippen LogP contribution < -0.4 is 5.32 Å². The Morgan fingerprint density at radius 2 is 2.00 bits per heavy atom.